The average Bonchev–Trinajstić information content (AvgIpc) is 2.45. The van der Waals surface area contributed by atoms with Gasteiger partial charge in [-0.15, -0.1) is 12.4 Å². The largest absolute Gasteiger partial charge is 0.321 e. The van der Waals surface area contributed by atoms with E-state index in [1.165, 1.54) is 4.57 Å². The molecule has 1 aliphatic rings. The van der Waals surface area contributed by atoms with Gasteiger partial charge < -0.3 is 15.2 Å². The quantitative estimate of drug-likeness (QED) is 0.890. The number of rotatable bonds is 4. The molecule has 1 aliphatic heterocycles. The average molecular weight is 314 g/mol. The van der Waals surface area contributed by atoms with Gasteiger partial charge in [-0.25, -0.2) is 0 Å². The molecule has 6 heteroatoms. The van der Waals surface area contributed by atoms with Gasteiger partial charge in [0.25, 0.3) is 5.56 Å². The number of halogens is 1. The van der Waals surface area contributed by atoms with Crippen LogP contribution in [-0.2, 0) is 11.8 Å². The molecule has 2 N–H and O–H groups in total. The number of nitrogens with zero attached hydrogens (tertiary/aromatic N) is 1. The molecule has 5 nitrogen and oxygen atoms in total. The number of carbonyl (C=O) groups is 1. The second-order valence-corrected chi connectivity index (χ2v) is 5.65. The van der Waals surface area contributed by atoms with Gasteiger partial charge in [-0.05, 0) is 49.9 Å². The number of pyridine rings is 1. The highest BCUT2D eigenvalue weighted by Gasteiger charge is 2.22. The number of hydrogen-bond acceptors (Lipinski definition) is 3. The fraction of sp³-hybridized carbons (Fsp3) is 0.600. The van der Waals surface area contributed by atoms with Crippen molar-refractivity contribution in [1.82, 2.24) is 9.88 Å². The van der Waals surface area contributed by atoms with Crippen LogP contribution in [0.5, 0.6) is 0 Å². The number of carbonyl (C=O) groups excluding carboxylic acids is 1. The molecule has 1 amide bonds. The Labute approximate surface area is 131 Å². The van der Waals surface area contributed by atoms with Crippen molar-refractivity contribution in [2.24, 2.45) is 18.9 Å². The highest BCUT2D eigenvalue weighted by atomic mass is 35.5. The van der Waals surface area contributed by atoms with Crippen LogP contribution in [0.4, 0.5) is 5.69 Å². The van der Waals surface area contributed by atoms with E-state index in [2.05, 4.69) is 17.6 Å². The highest BCUT2D eigenvalue weighted by Crippen LogP contribution is 2.24. The Hall–Kier alpha value is -1.33. The number of aryl methyl sites for hydroxylation is 1. The Morgan fingerprint density at radius 3 is 2.81 bits per heavy atom. The summed E-state index contributed by atoms with van der Waals surface area (Å²) in [6, 6.07) is 3.41. The predicted octanol–water partition coefficient (Wildman–Crippen LogP) is 1.77. The van der Waals surface area contributed by atoms with Gasteiger partial charge in [0, 0.05) is 19.7 Å². The van der Waals surface area contributed by atoms with Crippen molar-refractivity contribution in [3.63, 3.8) is 0 Å². The molecule has 1 atom stereocenters. The van der Waals surface area contributed by atoms with Gasteiger partial charge in [-0.1, -0.05) is 6.92 Å². The first-order valence-corrected chi connectivity index (χ1v) is 7.24. The van der Waals surface area contributed by atoms with Crippen LogP contribution in [0.3, 0.4) is 0 Å². The van der Waals surface area contributed by atoms with E-state index in [1.807, 2.05) is 0 Å². The van der Waals surface area contributed by atoms with E-state index in [0.29, 0.717) is 23.9 Å². The zero-order valence-electron chi connectivity index (χ0n) is 12.6. The predicted molar refractivity (Wildman–Crippen MR) is 86.9 cm³/mol. The van der Waals surface area contributed by atoms with Crippen molar-refractivity contribution in [2.75, 3.05) is 18.4 Å². The van der Waals surface area contributed by atoms with Crippen molar-refractivity contribution in [3.8, 4) is 0 Å². The van der Waals surface area contributed by atoms with E-state index in [-0.39, 0.29) is 23.9 Å². The van der Waals surface area contributed by atoms with Crippen molar-refractivity contribution in [1.29, 1.82) is 0 Å². The smallest absolute Gasteiger partial charge is 0.274 e. The molecular weight excluding hydrogens is 290 g/mol. The lowest BCUT2D eigenvalue weighted by Gasteiger charge is -2.27. The van der Waals surface area contributed by atoms with Crippen molar-refractivity contribution in [2.45, 2.75) is 26.2 Å². The van der Waals surface area contributed by atoms with Crippen LogP contribution in [0.1, 0.15) is 26.2 Å². The summed E-state index contributed by atoms with van der Waals surface area (Å²) >= 11 is 0. The molecule has 0 spiro atoms. The Bertz CT molecular complexity index is 524. The molecule has 1 aromatic rings. The highest BCUT2D eigenvalue weighted by molar-refractivity contribution is 5.90. The van der Waals surface area contributed by atoms with Gasteiger partial charge in [0.2, 0.25) is 5.91 Å². The molecule has 1 saturated heterocycles. The first kappa shape index (κ1) is 17.7. The van der Waals surface area contributed by atoms with Crippen molar-refractivity contribution >= 4 is 24.0 Å². The molecule has 1 fully saturated rings. The lowest BCUT2D eigenvalue weighted by molar-refractivity contribution is -0.117. The monoisotopic (exact) mass is 313 g/mol. The third-order valence-corrected chi connectivity index (χ3v) is 4.09. The van der Waals surface area contributed by atoms with Crippen LogP contribution in [-0.4, -0.2) is 23.6 Å². The minimum Gasteiger partial charge on any atom is -0.321 e. The lowest BCUT2D eigenvalue weighted by Crippen LogP contribution is -2.32. The van der Waals surface area contributed by atoms with Gasteiger partial charge in [0.05, 0.1) is 0 Å². The molecular formula is C15H24ClN3O2. The van der Waals surface area contributed by atoms with Crippen molar-refractivity contribution in [3.05, 3.63) is 28.7 Å². The summed E-state index contributed by atoms with van der Waals surface area (Å²) in [7, 11) is 1.68. The molecule has 0 aliphatic carbocycles. The third kappa shape index (κ3) is 4.86. The van der Waals surface area contributed by atoms with Crippen LogP contribution >= 0.6 is 12.4 Å². The summed E-state index contributed by atoms with van der Waals surface area (Å²) in [6.07, 6.45) is 4.40. The Balaban J connectivity index is 0.00000220. The molecule has 2 heterocycles. The molecule has 0 aromatic carbocycles. The zero-order valence-corrected chi connectivity index (χ0v) is 13.4. The van der Waals surface area contributed by atoms with E-state index in [0.717, 1.165) is 25.9 Å². The van der Waals surface area contributed by atoms with Crippen LogP contribution in [0, 0.1) is 11.8 Å². The summed E-state index contributed by atoms with van der Waals surface area (Å²) in [6.45, 7) is 4.20. The maximum absolute atomic E-state index is 12.1. The number of amides is 1. The Morgan fingerprint density at radius 1 is 1.48 bits per heavy atom. The number of piperidine rings is 1. The maximum atomic E-state index is 12.1. The van der Waals surface area contributed by atoms with Crippen LogP contribution in [0.15, 0.2) is 23.1 Å². The minimum atomic E-state index is -0.171. The summed E-state index contributed by atoms with van der Waals surface area (Å²) in [5.74, 6) is 0.879. The van der Waals surface area contributed by atoms with Gasteiger partial charge >= 0.3 is 0 Å². The molecule has 0 radical (unpaired) electrons. The summed E-state index contributed by atoms with van der Waals surface area (Å²) in [5.41, 5.74) is 0.188. The second kappa shape index (κ2) is 8.20. The zero-order chi connectivity index (χ0) is 14.5. The number of anilines is 1. The molecule has 0 saturated carbocycles. The standard InChI is InChI=1S/C15H23N3O2.ClH/c1-11(12-5-7-16-8-6-12)10-14(19)17-13-4-3-9-18(2)15(13)20;/h3-4,9,11-12,16H,5-8,10H2,1-2H3,(H,17,19);1H. The lowest BCUT2D eigenvalue weighted by atomic mass is 9.84. The van der Waals surface area contributed by atoms with Crippen LogP contribution in [0.2, 0.25) is 0 Å². The molecule has 1 unspecified atom stereocenters. The maximum Gasteiger partial charge on any atom is 0.274 e. The molecule has 1 aromatic heterocycles. The van der Waals surface area contributed by atoms with Crippen LogP contribution in [0.25, 0.3) is 0 Å². The van der Waals surface area contributed by atoms with E-state index in [4.69, 9.17) is 0 Å². The third-order valence-electron chi connectivity index (χ3n) is 4.09. The number of aromatic nitrogens is 1. The molecule has 0 bridgehead atoms. The van der Waals surface area contributed by atoms with Crippen molar-refractivity contribution < 1.29 is 4.79 Å². The minimum absolute atomic E-state index is 0. The van der Waals surface area contributed by atoms with Crippen LogP contribution < -0.4 is 16.2 Å². The van der Waals surface area contributed by atoms with Gasteiger partial charge in [0.1, 0.15) is 5.69 Å². The van der Waals surface area contributed by atoms with Gasteiger partial charge in [0.15, 0.2) is 0 Å². The summed E-state index contributed by atoms with van der Waals surface area (Å²) < 4.78 is 1.46. The first-order chi connectivity index (χ1) is 9.58. The fourth-order valence-electron chi connectivity index (χ4n) is 2.77. The normalized spacial score (nSPS) is 16.9. The number of nitrogens with one attached hydrogen (secondary N) is 2. The van der Waals surface area contributed by atoms with E-state index in [9.17, 15) is 9.59 Å². The Kier molecular flexibility index (Phi) is 6.92. The topological polar surface area (TPSA) is 63.1 Å². The van der Waals surface area contributed by atoms with E-state index in [1.54, 1.807) is 25.4 Å². The molecule has 21 heavy (non-hydrogen) atoms. The summed E-state index contributed by atoms with van der Waals surface area (Å²) in [4.78, 5) is 23.9. The molecule has 118 valence electrons. The SMILES string of the molecule is CC(CC(=O)Nc1cccn(C)c1=O)C1CCNCC1.Cl. The van der Waals surface area contributed by atoms with Gasteiger partial charge in [-0.2, -0.15) is 0 Å². The first-order valence-electron chi connectivity index (χ1n) is 7.24. The van der Waals surface area contributed by atoms with E-state index >= 15 is 0 Å². The fourth-order valence-corrected chi connectivity index (χ4v) is 2.77. The Morgan fingerprint density at radius 2 is 2.14 bits per heavy atom. The number of hydrogen-bond donors (Lipinski definition) is 2. The second-order valence-electron chi connectivity index (χ2n) is 5.65. The van der Waals surface area contributed by atoms with Gasteiger partial charge in [-0.3, -0.25) is 9.59 Å². The van der Waals surface area contributed by atoms with E-state index < -0.39 is 0 Å². The molecule has 2 rings (SSSR count). The summed E-state index contributed by atoms with van der Waals surface area (Å²) in [5, 5.41) is 6.06.